The zero-order chi connectivity index (χ0) is 11.9. The maximum absolute atomic E-state index is 5.91. The molecule has 3 aliphatic heterocycles. The Balaban J connectivity index is 1.60. The van der Waals surface area contributed by atoms with Crippen LogP contribution in [0.25, 0.3) is 0 Å². The van der Waals surface area contributed by atoms with Crippen LogP contribution < -0.4 is 10.2 Å². The zero-order valence-electron chi connectivity index (χ0n) is 10.7. The Labute approximate surface area is 108 Å². The standard InChI is InChI=1S/C15H20N2O/c1-2-11-8-12(3-6-15(11)16-7-1)17-9-13-4-5-14(10-17)18-13/h3,6,8,13-14,16H,1-2,4-5,7,9-10H2. The Bertz CT molecular complexity index is 448. The molecule has 4 rings (SSSR count). The summed E-state index contributed by atoms with van der Waals surface area (Å²) in [5, 5.41) is 3.48. The van der Waals surface area contributed by atoms with Gasteiger partial charge in [0, 0.05) is 31.0 Å². The van der Waals surface area contributed by atoms with Gasteiger partial charge in [-0.2, -0.15) is 0 Å². The van der Waals surface area contributed by atoms with Crippen LogP contribution in [0.5, 0.6) is 0 Å². The van der Waals surface area contributed by atoms with Crippen molar-refractivity contribution >= 4 is 11.4 Å². The summed E-state index contributed by atoms with van der Waals surface area (Å²) < 4.78 is 5.91. The van der Waals surface area contributed by atoms with Gasteiger partial charge in [-0.1, -0.05) is 0 Å². The molecule has 1 aromatic rings. The fourth-order valence-corrected chi connectivity index (χ4v) is 3.48. The van der Waals surface area contributed by atoms with E-state index in [0.717, 1.165) is 19.6 Å². The number of nitrogens with zero attached hydrogens (tertiary/aromatic N) is 1. The second-order valence-corrected chi connectivity index (χ2v) is 5.73. The summed E-state index contributed by atoms with van der Waals surface area (Å²) in [6, 6.07) is 6.90. The lowest BCUT2D eigenvalue weighted by atomic mass is 10.0. The number of morpholine rings is 1. The summed E-state index contributed by atoms with van der Waals surface area (Å²) in [4.78, 5) is 2.51. The third kappa shape index (κ3) is 1.77. The van der Waals surface area contributed by atoms with Gasteiger partial charge >= 0.3 is 0 Å². The van der Waals surface area contributed by atoms with Crippen LogP contribution in [0.3, 0.4) is 0 Å². The number of aryl methyl sites for hydroxylation is 1. The van der Waals surface area contributed by atoms with Crippen molar-refractivity contribution in [2.75, 3.05) is 29.9 Å². The summed E-state index contributed by atoms with van der Waals surface area (Å²) in [5.74, 6) is 0. The molecular weight excluding hydrogens is 224 g/mol. The molecule has 0 spiro atoms. The van der Waals surface area contributed by atoms with E-state index in [9.17, 15) is 0 Å². The molecule has 3 heterocycles. The molecule has 2 fully saturated rings. The number of rotatable bonds is 1. The van der Waals surface area contributed by atoms with Crippen molar-refractivity contribution in [2.45, 2.75) is 37.9 Å². The first-order valence-corrected chi connectivity index (χ1v) is 7.16. The molecular formula is C15H20N2O. The zero-order valence-corrected chi connectivity index (χ0v) is 10.7. The van der Waals surface area contributed by atoms with Crippen LogP contribution in [-0.4, -0.2) is 31.8 Å². The van der Waals surface area contributed by atoms with E-state index in [1.165, 1.54) is 42.6 Å². The molecule has 2 unspecified atom stereocenters. The molecule has 1 N–H and O–H groups in total. The lowest BCUT2D eigenvalue weighted by Crippen LogP contribution is -2.42. The van der Waals surface area contributed by atoms with Gasteiger partial charge in [-0.15, -0.1) is 0 Å². The highest BCUT2D eigenvalue weighted by atomic mass is 16.5. The largest absolute Gasteiger partial charge is 0.385 e. The third-order valence-corrected chi connectivity index (χ3v) is 4.44. The van der Waals surface area contributed by atoms with Gasteiger partial charge in [-0.3, -0.25) is 0 Å². The number of hydrogen-bond acceptors (Lipinski definition) is 3. The summed E-state index contributed by atoms with van der Waals surface area (Å²) >= 11 is 0. The number of fused-ring (bicyclic) bond motifs is 3. The second-order valence-electron chi connectivity index (χ2n) is 5.73. The van der Waals surface area contributed by atoms with Crippen LogP contribution in [0, 0.1) is 0 Å². The molecule has 0 aliphatic carbocycles. The fourth-order valence-electron chi connectivity index (χ4n) is 3.48. The number of nitrogens with one attached hydrogen (secondary N) is 1. The van der Waals surface area contributed by atoms with Crippen LogP contribution in [0.1, 0.15) is 24.8 Å². The summed E-state index contributed by atoms with van der Waals surface area (Å²) in [5.41, 5.74) is 4.21. The molecule has 3 heteroatoms. The monoisotopic (exact) mass is 244 g/mol. The Morgan fingerprint density at radius 3 is 2.83 bits per heavy atom. The highest BCUT2D eigenvalue weighted by Crippen LogP contribution is 2.32. The van der Waals surface area contributed by atoms with Crippen molar-refractivity contribution in [1.29, 1.82) is 0 Å². The molecule has 0 aromatic heterocycles. The first-order valence-electron chi connectivity index (χ1n) is 7.16. The molecule has 0 saturated carbocycles. The molecule has 0 amide bonds. The van der Waals surface area contributed by atoms with Crippen molar-refractivity contribution in [3.05, 3.63) is 23.8 Å². The first-order chi connectivity index (χ1) is 8.88. The third-order valence-electron chi connectivity index (χ3n) is 4.44. The first kappa shape index (κ1) is 10.7. The molecule has 1 aromatic carbocycles. The molecule has 18 heavy (non-hydrogen) atoms. The minimum atomic E-state index is 0.470. The minimum Gasteiger partial charge on any atom is -0.385 e. The topological polar surface area (TPSA) is 24.5 Å². The van der Waals surface area contributed by atoms with E-state index >= 15 is 0 Å². The number of hydrogen-bond donors (Lipinski definition) is 1. The molecule has 2 bridgehead atoms. The summed E-state index contributed by atoms with van der Waals surface area (Å²) in [6.07, 6.45) is 5.90. The number of anilines is 2. The van der Waals surface area contributed by atoms with E-state index in [1.54, 1.807) is 0 Å². The lowest BCUT2D eigenvalue weighted by Gasteiger charge is -2.34. The van der Waals surface area contributed by atoms with Gasteiger partial charge in [-0.05, 0) is 49.4 Å². The molecule has 96 valence electrons. The van der Waals surface area contributed by atoms with Crippen LogP contribution >= 0.6 is 0 Å². The Kier molecular flexibility index (Phi) is 2.47. The molecule has 0 radical (unpaired) electrons. The Morgan fingerprint density at radius 1 is 1.17 bits per heavy atom. The van der Waals surface area contributed by atoms with Gasteiger partial charge in [0.05, 0.1) is 12.2 Å². The van der Waals surface area contributed by atoms with E-state index < -0.39 is 0 Å². The van der Waals surface area contributed by atoms with Crippen LogP contribution in [0.15, 0.2) is 18.2 Å². The van der Waals surface area contributed by atoms with E-state index in [2.05, 4.69) is 28.4 Å². The normalized spacial score (nSPS) is 29.9. The maximum atomic E-state index is 5.91. The fraction of sp³-hybridized carbons (Fsp3) is 0.600. The van der Waals surface area contributed by atoms with Gasteiger partial charge in [0.25, 0.3) is 0 Å². The predicted molar refractivity (Wildman–Crippen MR) is 73.4 cm³/mol. The summed E-state index contributed by atoms with van der Waals surface area (Å²) in [6.45, 7) is 3.26. The van der Waals surface area contributed by atoms with E-state index in [-0.39, 0.29) is 0 Å². The highest BCUT2D eigenvalue weighted by Gasteiger charge is 2.33. The van der Waals surface area contributed by atoms with Crippen molar-refractivity contribution in [3.8, 4) is 0 Å². The predicted octanol–water partition coefficient (Wildman–Crippen LogP) is 2.41. The van der Waals surface area contributed by atoms with Gasteiger partial charge in [0.1, 0.15) is 0 Å². The smallest absolute Gasteiger partial charge is 0.0755 e. The van der Waals surface area contributed by atoms with Gasteiger partial charge < -0.3 is 15.0 Å². The molecule has 3 aliphatic rings. The van der Waals surface area contributed by atoms with E-state index in [0.29, 0.717) is 12.2 Å². The SMILES string of the molecule is c1cc2c(cc1N1CC3CCC(C1)O3)CCCN2. The van der Waals surface area contributed by atoms with Crippen molar-refractivity contribution in [3.63, 3.8) is 0 Å². The van der Waals surface area contributed by atoms with Gasteiger partial charge in [0.15, 0.2) is 0 Å². The molecule has 3 nitrogen and oxygen atoms in total. The quantitative estimate of drug-likeness (QED) is 0.821. The number of ether oxygens (including phenoxy) is 1. The van der Waals surface area contributed by atoms with Crippen LogP contribution in [-0.2, 0) is 11.2 Å². The number of benzene rings is 1. The Morgan fingerprint density at radius 2 is 2.00 bits per heavy atom. The van der Waals surface area contributed by atoms with Crippen LogP contribution in [0.4, 0.5) is 11.4 Å². The average Bonchev–Trinajstić information content (AvgIpc) is 2.77. The van der Waals surface area contributed by atoms with Gasteiger partial charge in [0.2, 0.25) is 0 Å². The van der Waals surface area contributed by atoms with Crippen molar-refractivity contribution < 1.29 is 4.74 Å². The molecule has 2 saturated heterocycles. The average molecular weight is 244 g/mol. The highest BCUT2D eigenvalue weighted by molar-refractivity contribution is 5.62. The Hall–Kier alpha value is -1.22. The van der Waals surface area contributed by atoms with Crippen molar-refractivity contribution in [2.24, 2.45) is 0 Å². The minimum absolute atomic E-state index is 0.470. The van der Waals surface area contributed by atoms with Gasteiger partial charge in [-0.25, -0.2) is 0 Å². The molecule has 2 atom stereocenters. The lowest BCUT2D eigenvalue weighted by molar-refractivity contribution is 0.0305. The maximum Gasteiger partial charge on any atom is 0.0755 e. The van der Waals surface area contributed by atoms with Crippen molar-refractivity contribution in [1.82, 2.24) is 0 Å². The second kappa shape index (κ2) is 4.16. The van der Waals surface area contributed by atoms with E-state index in [4.69, 9.17) is 4.74 Å². The van der Waals surface area contributed by atoms with E-state index in [1.807, 2.05) is 0 Å². The van der Waals surface area contributed by atoms with Crippen LogP contribution in [0.2, 0.25) is 0 Å². The summed E-state index contributed by atoms with van der Waals surface area (Å²) in [7, 11) is 0.